The number of piperidine rings is 1. The number of nitrogens with one attached hydrogen (secondary N) is 2. The molecule has 3 aromatic rings. The van der Waals surface area contributed by atoms with E-state index in [2.05, 4.69) is 94.4 Å². The Balaban J connectivity index is 0.000000559. The van der Waals surface area contributed by atoms with E-state index in [1.54, 1.807) is 7.11 Å². The van der Waals surface area contributed by atoms with E-state index in [1.807, 2.05) is 0 Å². The zero-order valence-electron chi connectivity index (χ0n) is 22.8. The van der Waals surface area contributed by atoms with E-state index in [1.165, 1.54) is 53.7 Å². The summed E-state index contributed by atoms with van der Waals surface area (Å²) in [5.74, 6) is -2.76. The molecule has 1 aliphatic heterocycles. The van der Waals surface area contributed by atoms with E-state index in [0.717, 1.165) is 32.8 Å². The Hall–Kier alpha value is -3.24. The fourth-order valence-corrected chi connectivity index (χ4v) is 4.48. The lowest BCUT2D eigenvalue weighted by molar-refractivity contribution is -0.192. The molecule has 3 aromatic carbocycles. The van der Waals surface area contributed by atoms with Gasteiger partial charge in [-0.25, -0.2) is 4.79 Å². The highest BCUT2D eigenvalue weighted by Gasteiger charge is 2.38. The molecular weight excluding hydrogens is 519 g/mol. The van der Waals surface area contributed by atoms with Gasteiger partial charge in [-0.2, -0.15) is 13.2 Å². The molecule has 0 bridgehead atoms. The number of carboxylic acids is 1. The molecule has 0 radical (unpaired) electrons. The SMILES string of the molecule is COCCNCc1cccc(-c2ccc(CNC3CCN(Cc4ccccc4)CC3)cc2)c1.O=C(O)C(F)(F)F. The smallest absolute Gasteiger partial charge is 0.475 e. The molecule has 9 heteroatoms. The molecule has 1 saturated heterocycles. The number of ether oxygens (including phenoxy) is 1. The van der Waals surface area contributed by atoms with E-state index < -0.39 is 12.1 Å². The first-order valence-corrected chi connectivity index (χ1v) is 13.4. The molecule has 1 heterocycles. The maximum atomic E-state index is 10.6. The molecule has 0 aliphatic carbocycles. The monoisotopic (exact) mass is 557 g/mol. The average molecular weight is 558 g/mol. The molecule has 6 nitrogen and oxygen atoms in total. The number of hydrogen-bond donors (Lipinski definition) is 3. The second-order valence-corrected chi connectivity index (χ2v) is 9.79. The summed E-state index contributed by atoms with van der Waals surface area (Å²) in [7, 11) is 1.73. The van der Waals surface area contributed by atoms with E-state index in [0.29, 0.717) is 6.04 Å². The van der Waals surface area contributed by atoms with Gasteiger partial charge >= 0.3 is 12.1 Å². The van der Waals surface area contributed by atoms with E-state index in [4.69, 9.17) is 14.6 Å². The number of rotatable bonds is 11. The number of hydrogen-bond acceptors (Lipinski definition) is 5. The largest absolute Gasteiger partial charge is 0.490 e. The van der Waals surface area contributed by atoms with E-state index in [-0.39, 0.29) is 0 Å². The number of aliphatic carboxylic acids is 1. The minimum atomic E-state index is -5.08. The van der Waals surface area contributed by atoms with Crippen molar-refractivity contribution in [2.45, 2.75) is 44.7 Å². The lowest BCUT2D eigenvalue weighted by atomic mass is 10.0. The van der Waals surface area contributed by atoms with Crippen molar-refractivity contribution in [3.63, 3.8) is 0 Å². The fraction of sp³-hybridized carbons (Fsp3) is 0.387. The predicted molar refractivity (Wildman–Crippen MR) is 151 cm³/mol. The van der Waals surface area contributed by atoms with Gasteiger partial charge in [0.15, 0.2) is 0 Å². The summed E-state index contributed by atoms with van der Waals surface area (Å²) >= 11 is 0. The van der Waals surface area contributed by atoms with Gasteiger partial charge in [-0.05, 0) is 59.8 Å². The maximum absolute atomic E-state index is 10.6. The van der Waals surface area contributed by atoms with Crippen LogP contribution in [0.25, 0.3) is 11.1 Å². The standard InChI is InChI=1S/C29H37N3O.C2HF3O2/c1-33-19-16-30-21-26-8-5-9-28(20-26)27-12-10-24(11-13-27)22-31-29-14-17-32(18-15-29)23-25-6-3-2-4-7-25;3-2(4,5)1(6)7/h2-13,20,29-31H,14-19,21-23H2,1H3;(H,6,7). The van der Waals surface area contributed by atoms with Crippen LogP contribution in [0, 0.1) is 0 Å². The van der Waals surface area contributed by atoms with Gasteiger partial charge in [0.25, 0.3) is 0 Å². The van der Waals surface area contributed by atoms with Crippen LogP contribution in [0.5, 0.6) is 0 Å². The molecule has 0 amide bonds. The van der Waals surface area contributed by atoms with E-state index in [9.17, 15) is 13.2 Å². The Morgan fingerprint density at radius 2 is 1.55 bits per heavy atom. The Morgan fingerprint density at radius 1 is 0.900 bits per heavy atom. The van der Waals surface area contributed by atoms with Crippen LogP contribution in [0.3, 0.4) is 0 Å². The topological polar surface area (TPSA) is 73.8 Å². The van der Waals surface area contributed by atoms with Crippen LogP contribution in [0.2, 0.25) is 0 Å². The first-order chi connectivity index (χ1) is 19.2. The summed E-state index contributed by atoms with van der Waals surface area (Å²) in [5.41, 5.74) is 6.60. The molecule has 3 N–H and O–H groups in total. The van der Waals surface area contributed by atoms with Gasteiger partial charge in [0.05, 0.1) is 6.61 Å². The lowest BCUT2D eigenvalue weighted by Gasteiger charge is -2.32. The van der Waals surface area contributed by atoms with Crippen LogP contribution >= 0.6 is 0 Å². The molecule has 0 unspecified atom stereocenters. The highest BCUT2D eigenvalue weighted by molar-refractivity contribution is 5.73. The first kappa shape index (κ1) is 31.3. The van der Waals surface area contributed by atoms with Crippen molar-refractivity contribution in [3.8, 4) is 11.1 Å². The Bertz CT molecular complexity index is 1150. The summed E-state index contributed by atoms with van der Waals surface area (Å²) in [6.45, 7) is 6.82. The number of carbonyl (C=O) groups is 1. The minimum absolute atomic E-state index is 0.610. The summed E-state index contributed by atoms with van der Waals surface area (Å²) in [6, 6.07) is 29.2. The normalized spacial score (nSPS) is 14.4. The number of nitrogens with zero attached hydrogens (tertiary/aromatic N) is 1. The van der Waals surface area contributed by atoms with Gasteiger partial charge in [0.2, 0.25) is 0 Å². The van der Waals surface area contributed by atoms with Crippen molar-refractivity contribution in [1.29, 1.82) is 0 Å². The lowest BCUT2D eigenvalue weighted by Crippen LogP contribution is -2.41. The summed E-state index contributed by atoms with van der Waals surface area (Å²) in [4.78, 5) is 11.5. The van der Waals surface area contributed by atoms with Gasteiger partial charge in [0.1, 0.15) is 0 Å². The van der Waals surface area contributed by atoms with Crippen LogP contribution in [-0.2, 0) is 29.2 Å². The molecule has 40 heavy (non-hydrogen) atoms. The molecule has 0 aromatic heterocycles. The minimum Gasteiger partial charge on any atom is -0.475 e. The molecule has 1 aliphatic rings. The third kappa shape index (κ3) is 11.1. The van der Waals surface area contributed by atoms with Crippen molar-refractivity contribution >= 4 is 5.97 Å². The van der Waals surface area contributed by atoms with Gasteiger partial charge in [-0.3, -0.25) is 4.90 Å². The van der Waals surface area contributed by atoms with Crippen LogP contribution in [0.4, 0.5) is 13.2 Å². The molecule has 0 saturated carbocycles. The number of halogens is 3. The number of likely N-dealkylation sites (tertiary alicyclic amines) is 1. The summed E-state index contributed by atoms with van der Waals surface area (Å²) in [6.07, 6.45) is -2.65. The fourth-order valence-electron chi connectivity index (χ4n) is 4.48. The van der Waals surface area contributed by atoms with Crippen LogP contribution in [0.15, 0.2) is 78.9 Å². The summed E-state index contributed by atoms with van der Waals surface area (Å²) in [5, 5.41) is 14.3. The maximum Gasteiger partial charge on any atom is 0.490 e. The van der Waals surface area contributed by atoms with Crippen LogP contribution in [-0.4, -0.2) is 61.5 Å². The van der Waals surface area contributed by atoms with Gasteiger partial charge in [-0.15, -0.1) is 0 Å². The van der Waals surface area contributed by atoms with Crippen molar-refractivity contribution in [2.24, 2.45) is 0 Å². The zero-order chi connectivity index (χ0) is 28.8. The zero-order valence-corrected chi connectivity index (χ0v) is 22.8. The van der Waals surface area contributed by atoms with Crippen LogP contribution in [0.1, 0.15) is 29.5 Å². The van der Waals surface area contributed by atoms with Crippen molar-refractivity contribution in [3.05, 3.63) is 95.6 Å². The van der Waals surface area contributed by atoms with Crippen molar-refractivity contribution in [1.82, 2.24) is 15.5 Å². The number of benzene rings is 3. The summed E-state index contributed by atoms with van der Waals surface area (Å²) < 4.78 is 36.8. The number of carboxylic acid groups (broad SMARTS) is 1. The van der Waals surface area contributed by atoms with Gasteiger partial charge in [0, 0.05) is 39.3 Å². The quantitative estimate of drug-likeness (QED) is 0.271. The second-order valence-electron chi connectivity index (χ2n) is 9.79. The predicted octanol–water partition coefficient (Wildman–Crippen LogP) is 5.48. The molecule has 4 rings (SSSR count). The molecule has 0 atom stereocenters. The molecule has 216 valence electrons. The number of alkyl halides is 3. The third-order valence-corrected chi connectivity index (χ3v) is 6.70. The van der Waals surface area contributed by atoms with Gasteiger partial charge in [-0.1, -0.05) is 72.8 Å². The van der Waals surface area contributed by atoms with Crippen molar-refractivity contribution in [2.75, 3.05) is 33.4 Å². The van der Waals surface area contributed by atoms with E-state index >= 15 is 0 Å². The average Bonchev–Trinajstić information content (AvgIpc) is 2.96. The Kier molecular flexibility index (Phi) is 12.6. The highest BCUT2D eigenvalue weighted by Crippen LogP contribution is 2.22. The number of methoxy groups -OCH3 is 1. The third-order valence-electron chi connectivity index (χ3n) is 6.70. The Labute approximate surface area is 234 Å². The molecule has 0 spiro atoms. The second kappa shape index (κ2) is 16.1. The van der Waals surface area contributed by atoms with Crippen molar-refractivity contribution < 1.29 is 27.8 Å². The molecule has 1 fully saturated rings. The highest BCUT2D eigenvalue weighted by atomic mass is 19.4. The van der Waals surface area contributed by atoms with Gasteiger partial charge < -0.3 is 20.5 Å². The first-order valence-electron chi connectivity index (χ1n) is 13.4. The Morgan fingerprint density at radius 3 is 2.17 bits per heavy atom. The van der Waals surface area contributed by atoms with Crippen LogP contribution < -0.4 is 10.6 Å². The molecular formula is C31H38F3N3O3.